The molecule has 5 nitrogen and oxygen atoms in total. The average molecular weight is 325 g/mol. The molecule has 1 aromatic heterocycles. The normalized spacial score (nSPS) is 17.5. The second kappa shape index (κ2) is 5.65. The third-order valence-electron chi connectivity index (χ3n) is 4.27. The van der Waals surface area contributed by atoms with E-state index in [1.807, 2.05) is 30.5 Å². The van der Waals surface area contributed by atoms with E-state index in [2.05, 4.69) is 4.98 Å². The molecule has 3 N–H and O–H groups in total. The summed E-state index contributed by atoms with van der Waals surface area (Å²) in [4.78, 5) is 16.4. The Morgan fingerprint density at radius 1 is 1.25 bits per heavy atom. The number of hydrogen-bond acceptors (Lipinski definition) is 3. The van der Waals surface area contributed by atoms with Crippen molar-refractivity contribution in [2.24, 2.45) is 5.73 Å². The van der Waals surface area contributed by atoms with Crippen LogP contribution in [-0.4, -0.2) is 30.3 Å². The van der Waals surface area contributed by atoms with Crippen LogP contribution >= 0.6 is 0 Å². The zero-order valence-electron chi connectivity index (χ0n) is 12.8. The van der Waals surface area contributed by atoms with Gasteiger partial charge in [-0.2, -0.15) is 0 Å². The minimum atomic E-state index is -0.495. The monoisotopic (exact) mass is 325 g/mol. The van der Waals surface area contributed by atoms with Crippen molar-refractivity contribution in [1.29, 1.82) is 0 Å². The van der Waals surface area contributed by atoms with Crippen molar-refractivity contribution in [3.63, 3.8) is 0 Å². The van der Waals surface area contributed by atoms with Gasteiger partial charge >= 0.3 is 6.09 Å². The Bertz CT molecular complexity index is 922. The molecule has 1 aliphatic rings. The fraction of sp³-hybridized carbons (Fsp3) is 0.167. The molecule has 0 radical (unpaired) electrons. The summed E-state index contributed by atoms with van der Waals surface area (Å²) in [7, 11) is 0. The van der Waals surface area contributed by atoms with Crippen molar-refractivity contribution in [2.45, 2.75) is 6.10 Å². The molecule has 0 spiro atoms. The maximum absolute atomic E-state index is 14.6. The van der Waals surface area contributed by atoms with E-state index in [1.165, 1.54) is 11.0 Å². The number of carbonyl (C=O) groups excluding carboxylic acids is 1. The molecule has 1 saturated heterocycles. The Kier molecular flexibility index (Phi) is 3.46. The molecular formula is C18H16FN3O2. The number of nitrogens with zero attached hydrogens (tertiary/aromatic N) is 1. The highest BCUT2D eigenvalue weighted by molar-refractivity contribution is 5.90. The number of nitrogens with one attached hydrogen (secondary N) is 1. The summed E-state index contributed by atoms with van der Waals surface area (Å²) >= 11 is 0. The summed E-state index contributed by atoms with van der Waals surface area (Å²) in [5.41, 5.74) is 8.20. The standard InChI is InChI=1S/C18H16FN3O2/c19-16-8-13(22-10-14(9-20)24-18(22)23)3-4-15(16)12-2-1-11-5-6-21-17(11)7-12/h1-8,14,21H,9-10,20H2/t14-/m0/s1. The first-order valence-electron chi connectivity index (χ1n) is 7.71. The van der Waals surface area contributed by atoms with Crippen LogP contribution in [0.1, 0.15) is 0 Å². The Balaban J connectivity index is 1.68. The maximum Gasteiger partial charge on any atom is 0.414 e. The number of aromatic nitrogens is 1. The lowest BCUT2D eigenvalue weighted by molar-refractivity contribution is 0.145. The van der Waals surface area contributed by atoms with Crippen LogP contribution in [0.3, 0.4) is 0 Å². The van der Waals surface area contributed by atoms with Gasteiger partial charge in [-0.1, -0.05) is 12.1 Å². The number of ether oxygens (including phenoxy) is 1. The number of halogens is 1. The van der Waals surface area contributed by atoms with Crippen molar-refractivity contribution >= 4 is 22.7 Å². The molecule has 1 aliphatic heterocycles. The molecule has 4 rings (SSSR count). The van der Waals surface area contributed by atoms with Gasteiger partial charge in [0.2, 0.25) is 0 Å². The van der Waals surface area contributed by atoms with Crippen LogP contribution in [0.2, 0.25) is 0 Å². The van der Waals surface area contributed by atoms with Crippen LogP contribution in [0.15, 0.2) is 48.7 Å². The molecule has 2 aromatic carbocycles. The highest BCUT2D eigenvalue weighted by Gasteiger charge is 2.31. The van der Waals surface area contributed by atoms with E-state index in [-0.39, 0.29) is 18.5 Å². The van der Waals surface area contributed by atoms with E-state index in [1.54, 1.807) is 12.1 Å². The van der Waals surface area contributed by atoms with Crippen LogP contribution in [-0.2, 0) is 4.74 Å². The highest BCUT2D eigenvalue weighted by atomic mass is 19.1. The molecule has 122 valence electrons. The van der Waals surface area contributed by atoms with Crippen molar-refractivity contribution in [2.75, 3.05) is 18.0 Å². The Morgan fingerprint density at radius 2 is 2.12 bits per heavy atom. The van der Waals surface area contributed by atoms with Crippen molar-refractivity contribution in [1.82, 2.24) is 4.98 Å². The molecule has 6 heteroatoms. The summed E-state index contributed by atoms with van der Waals surface area (Å²) < 4.78 is 19.7. The third-order valence-corrected chi connectivity index (χ3v) is 4.27. The summed E-state index contributed by atoms with van der Waals surface area (Å²) in [6, 6.07) is 12.4. The van der Waals surface area contributed by atoms with E-state index < -0.39 is 6.09 Å². The summed E-state index contributed by atoms with van der Waals surface area (Å²) in [5, 5.41) is 1.07. The number of hydrogen-bond donors (Lipinski definition) is 2. The number of nitrogens with two attached hydrogens (primary N) is 1. The molecule has 0 aliphatic carbocycles. The SMILES string of the molecule is NC[C@H]1CN(c2ccc(-c3ccc4cc[nH]c4c3)c(F)c2)C(=O)O1. The Morgan fingerprint density at radius 3 is 2.88 bits per heavy atom. The van der Waals surface area contributed by atoms with Gasteiger partial charge in [0.05, 0.1) is 12.2 Å². The second-order valence-corrected chi connectivity index (χ2v) is 5.80. The number of fused-ring (bicyclic) bond motifs is 1. The predicted molar refractivity (Wildman–Crippen MR) is 90.4 cm³/mol. The van der Waals surface area contributed by atoms with Gasteiger partial charge < -0.3 is 15.5 Å². The van der Waals surface area contributed by atoms with Gasteiger partial charge in [0, 0.05) is 23.8 Å². The number of benzene rings is 2. The number of carbonyl (C=O) groups is 1. The highest BCUT2D eigenvalue weighted by Crippen LogP contribution is 2.30. The van der Waals surface area contributed by atoms with Crippen LogP contribution < -0.4 is 10.6 Å². The third kappa shape index (κ3) is 2.41. The molecule has 2 heterocycles. The topological polar surface area (TPSA) is 71.3 Å². The fourth-order valence-corrected chi connectivity index (χ4v) is 2.98. The van der Waals surface area contributed by atoms with Gasteiger partial charge in [0.1, 0.15) is 11.9 Å². The van der Waals surface area contributed by atoms with Crippen LogP contribution in [0.4, 0.5) is 14.9 Å². The van der Waals surface area contributed by atoms with Crippen molar-refractivity contribution < 1.29 is 13.9 Å². The summed E-state index contributed by atoms with van der Waals surface area (Å²) in [5.74, 6) is -0.387. The van der Waals surface area contributed by atoms with E-state index in [0.29, 0.717) is 17.8 Å². The van der Waals surface area contributed by atoms with Gasteiger partial charge in [-0.3, -0.25) is 4.90 Å². The number of H-pyrrole nitrogens is 1. The number of aromatic amines is 1. The van der Waals surface area contributed by atoms with Crippen molar-refractivity contribution in [3.05, 3.63) is 54.5 Å². The van der Waals surface area contributed by atoms with Gasteiger partial charge in [0.15, 0.2) is 0 Å². The maximum atomic E-state index is 14.6. The van der Waals surface area contributed by atoms with Gasteiger partial charge in [-0.15, -0.1) is 0 Å². The molecule has 0 saturated carbocycles. The Labute approximate surface area is 137 Å². The lowest BCUT2D eigenvalue weighted by atomic mass is 10.0. The molecule has 3 aromatic rings. The van der Waals surface area contributed by atoms with Crippen molar-refractivity contribution in [3.8, 4) is 11.1 Å². The first-order valence-corrected chi connectivity index (χ1v) is 7.71. The minimum Gasteiger partial charge on any atom is -0.443 e. The quantitative estimate of drug-likeness (QED) is 0.776. The smallest absolute Gasteiger partial charge is 0.414 e. The molecule has 1 amide bonds. The molecule has 0 bridgehead atoms. The molecule has 1 atom stereocenters. The minimum absolute atomic E-state index is 0.249. The average Bonchev–Trinajstić information content (AvgIpc) is 3.20. The first kappa shape index (κ1) is 14.7. The number of cyclic esters (lactones) is 1. The zero-order chi connectivity index (χ0) is 16.7. The van der Waals surface area contributed by atoms with Gasteiger partial charge in [-0.05, 0) is 41.3 Å². The molecule has 1 fully saturated rings. The van der Waals surface area contributed by atoms with Gasteiger partial charge in [-0.25, -0.2) is 9.18 Å². The number of anilines is 1. The van der Waals surface area contributed by atoms with E-state index in [0.717, 1.165) is 16.5 Å². The van der Waals surface area contributed by atoms with E-state index in [9.17, 15) is 9.18 Å². The molecule has 0 unspecified atom stereocenters. The first-order chi connectivity index (χ1) is 11.7. The summed E-state index contributed by atoms with van der Waals surface area (Å²) in [6.45, 7) is 0.585. The number of rotatable bonds is 3. The fourth-order valence-electron chi connectivity index (χ4n) is 2.98. The van der Waals surface area contributed by atoms with Gasteiger partial charge in [0.25, 0.3) is 0 Å². The molecule has 24 heavy (non-hydrogen) atoms. The van der Waals surface area contributed by atoms with Crippen LogP contribution in [0.5, 0.6) is 0 Å². The second-order valence-electron chi connectivity index (χ2n) is 5.80. The largest absolute Gasteiger partial charge is 0.443 e. The molecular weight excluding hydrogens is 309 g/mol. The van der Waals surface area contributed by atoms with Crippen LogP contribution in [0, 0.1) is 5.82 Å². The Hall–Kier alpha value is -2.86. The lowest BCUT2D eigenvalue weighted by Crippen LogP contribution is -2.27. The van der Waals surface area contributed by atoms with Crippen LogP contribution in [0.25, 0.3) is 22.0 Å². The predicted octanol–water partition coefficient (Wildman–Crippen LogP) is 3.26. The van der Waals surface area contributed by atoms with E-state index in [4.69, 9.17) is 10.5 Å². The number of amides is 1. The van der Waals surface area contributed by atoms with E-state index >= 15 is 0 Å². The lowest BCUT2D eigenvalue weighted by Gasteiger charge is -2.14. The summed E-state index contributed by atoms with van der Waals surface area (Å²) in [6.07, 6.45) is 1.00. The zero-order valence-corrected chi connectivity index (χ0v) is 12.8.